The SMILES string of the molecule is C=C(C(C)CC)N(c1ccc(C(CCC)CCC(CC)CC(C)(C)OC)cc1C)c1cccc(Br)c1C(=O)C(C)CC.CC(=O)C(C(C)(C)C)C1(P)CC1.CC1CCCC1.CCC=O.CCCCC(CCC)C(=O)NCC1=CC=C(c2scnc2C)CC1. The summed E-state index contributed by atoms with van der Waals surface area (Å²) in [7, 11) is 4.70. The van der Waals surface area contributed by atoms with Crippen molar-refractivity contribution in [2.45, 2.75) is 283 Å². The number of carbonyl (C=O) groups excluding carboxylic acids is 4. The first kappa shape index (κ1) is 80.5. The number of nitrogens with zero attached hydrogens (tertiary/aromatic N) is 2. The van der Waals surface area contributed by atoms with Crippen LogP contribution in [0, 0.1) is 54.8 Å². The normalized spacial score (nSPS) is 16.5. The Kier molecular flexibility index (Phi) is 37.6. The second kappa shape index (κ2) is 41.1. The molecule has 7 atom stereocenters. The van der Waals surface area contributed by atoms with Gasteiger partial charge < -0.3 is 19.7 Å². The van der Waals surface area contributed by atoms with E-state index in [2.05, 4.69) is 187 Å². The number of amides is 1. The Morgan fingerprint density at radius 2 is 1.50 bits per heavy atom. The first-order valence-electron chi connectivity index (χ1n) is 34.4. The van der Waals surface area contributed by atoms with E-state index >= 15 is 0 Å². The molecular weight excluding hydrogens is 1190 g/mol. The molecule has 2 fully saturated rings. The highest BCUT2D eigenvalue weighted by Gasteiger charge is 2.51. The molecule has 0 saturated heterocycles. The summed E-state index contributed by atoms with van der Waals surface area (Å²) in [6.45, 7) is 43.8. The van der Waals surface area contributed by atoms with Crippen molar-refractivity contribution in [2.75, 3.05) is 18.6 Å². The lowest BCUT2D eigenvalue weighted by Gasteiger charge is -2.34. The molecule has 8 nitrogen and oxygen atoms in total. The highest BCUT2D eigenvalue weighted by atomic mass is 79.9. The van der Waals surface area contributed by atoms with Crippen LogP contribution in [0.1, 0.15) is 290 Å². The number of aromatic nitrogens is 1. The fourth-order valence-corrected chi connectivity index (χ4v) is 14.9. The van der Waals surface area contributed by atoms with Gasteiger partial charge in [-0.05, 0) is 197 Å². The molecule has 3 aliphatic rings. The number of halogens is 1. The second-order valence-electron chi connectivity index (χ2n) is 27.7. The number of unbranched alkanes of at least 4 members (excludes halogenated alkanes) is 1. The van der Waals surface area contributed by atoms with E-state index in [4.69, 9.17) is 4.74 Å². The highest BCUT2D eigenvalue weighted by Crippen LogP contribution is 2.56. The van der Waals surface area contributed by atoms with Crippen molar-refractivity contribution in [1.29, 1.82) is 0 Å². The number of allylic oxidation sites excluding steroid dienone is 4. The van der Waals surface area contributed by atoms with Gasteiger partial charge in [0, 0.05) is 53.7 Å². The van der Waals surface area contributed by atoms with Crippen LogP contribution in [0.25, 0.3) is 5.57 Å². The monoisotopic (exact) mass is 1310 g/mol. The Balaban J connectivity index is 0.000000472. The molecule has 1 N–H and O–H groups in total. The number of anilines is 2. The molecule has 6 rings (SSSR count). The molecule has 0 spiro atoms. The summed E-state index contributed by atoms with van der Waals surface area (Å²) in [6, 6.07) is 13.1. The lowest BCUT2D eigenvalue weighted by atomic mass is 9.75. The van der Waals surface area contributed by atoms with Gasteiger partial charge in [-0.1, -0.05) is 190 Å². The quantitative estimate of drug-likeness (QED) is 0.0403. The standard InChI is InChI=1S/C38H58BrNO2.C20H30N2OS.C10H19OP.C6H12.C3H6O/c1-12-17-31(21-20-30(15-4)25-38(9,10)42-11)32-22-23-34(28(7)24-32)40(29(8)26(5)13-2)35-19-16-18-33(39)36(35)37(41)27(6)14-3;1-4-6-8-18(7-5-2)20(23)21-13-16-9-11-17(12-10-16)19-15(3)22-14-24-19;1-7(11)8(9(2,3)4)10(12)5-6-10;1-6-4-2-3-5-6;1-2-3-4/h16,18-19,22-24,26-27,30-31H,8,12-15,17,20-21,25H2,1-7,9-11H3;9,11,14,18H,4-8,10,12-13H2,1-3H3,(H,21,23);8H,5-6,12H2,1-4H3;6H,2-5H2,1H3;3H,2H2,1H3. The number of aryl methyl sites for hydroxylation is 2. The van der Waals surface area contributed by atoms with Gasteiger partial charge >= 0.3 is 0 Å². The van der Waals surface area contributed by atoms with E-state index in [1.807, 2.05) is 38.6 Å². The van der Waals surface area contributed by atoms with Gasteiger partial charge in [-0.15, -0.1) is 20.6 Å². The molecule has 1 amide bonds. The molecule has 1 heterocycles. The van der Waals surface area contributed by atoms with Gasteiger partial charge in [0.15, 0.2) is 5.78 Å². The lowest BCUT2D eigenvalue weighted by Crippen LogP contribution is -2.35. The number of aldehydes is 1. The molecule has 0 bridgehead atoms. The minimum absolute atomic E-state index is 0.0548. The summed E-state index contributed by atoms with van der Waals surface area (Å²) < 4.78 is 6.59. The van der Waals surface area contributed by atoms with E-state index in [1.54, 1.807) is 18.3 Å². The van der Waals surface area contributed by atoms with Gasteiger partial charge in [-0.3, -0.25) is 14.4 Å². The number of methoxy groups -OCH3 is 1. The number of ether oxygens (including phenoxy) is 1. The summed E-state index contributed by atoms with van der Waals surface area (Å²) in [5.74, 6) is 3.60. The number of carbonyl (C=O) groups is 4. The predicted molar refractivity (Wildman–Crippen MR) is 389 cm³/mol. The fourth-order valence-electron chi connectivity index (χ4n) is 12.6. The van der Waals surface area contributed by atoms with Gasteiger partial charge in [-0.2, -0.15) is 0 Å². The number of thiazole rings is 1. The van der Waals surface area contributed by atoms with Crippen molar-refractivity contribution in [3.05, 3.63) is 104 Å². The summed E-state index contributed by atoms with van der Waals surface area (Å²) in [5.41, 5.74) is 12.2. The van der Waals surface area contributed by atoms with E-state index in [0.717, 1.165) is 109 Å². The number of nitrogens with one attached hydrogen (secondary N) is 1. The first-order valence-corrected chi connectivity index (χ1v) is 36.6. The van der Waals surface area contributed by atoms with E-state index in [1.165, 1.54) is 97.8 Å². The maximum Gasteiger partial charge on any atom is 0.223 e. The molecule has 0 aliphatic heterocycles. The number of benzene rings is 2. The summed E-state index contributed by atoms with van der Waals surface area (Å²) in [6.07, 6.45) is 30.5. The average Bonchev–Trinajstić information content (AvgIpc) is 1.60. The third-order valence-corrected chi connectivity index (χ3v) is 21.1. The van der Waals surface area contributed by atoms with Crippen LogP contribution in [-0.2, 0) is 19.1 Å². The van der Waals surface area contributed by atoms with Gasteiger partial charge in [0.2, 0.25) is 5.91 Å². The number of rotatable bonds is 30. The number of ketones is 2. The van der Waals surface area contributed by atoms with Crippen molar-refractivity contribution in [2.24, 2.45) is 40.9 Å². The Labute approximate surface area is 553 Å². The molecule has 0 radical (unpaired) electrons. The van der Waals surface area contributed by atoms with Crippen LogP contribution in [0.15, 0.2) is 76.4 Å². The molecular formula is C77H125BrN3O5PS. The molecule has 7 unspecified atom stereocenters. The largest absolute Gasteiger partial charge is 0.379 e. The number of hydrogen-bond donors (Lipinski definition) is 1. The topological polar surface area (TPSA) is 106 Å². The van der Waals surface area contributed by atoms with Crippen molar-refractivity contribution in [3.63, 3.8) is 0 Å². The zero-order valence-corrected chi connectivity index (χ0v) is 62.6. The Bertz CT molecular complexity index is 2630. The van der Waals surface area contributed by atoms with E-state index in [9.17, 15) is 19.2 Å². The van der Waals surface area contributed by atoms with Gasteiger partial charge in [-0.25, -0.2) is 4.98 Å². The maximum absolute atomic E-state index is 13.7. The third kappa shape index (κ3) is 26.9. The van der Waals surface area contributed by atoms with Crippen LogP contribution in [0.5, 0.6) is 0 Å². The van der Waals surface area contributed by atoms with Crippen LogP contribution < -0.4 is 10.2 Å². The second-order valence-corrected chi connectivity index (χ2v) is 30.6. The summed E-state index contributed by atoms with van der Waals surface area (Å²) in [5, 5.41) is 3.40. The minimum atomic E-state index is -0.0811. The van der Waals surface area contributed by atoms with Crippen LogP contribution in [-0.4, -0.2) is 53.2 Å². The van der Waals surface area contributed by atoms with Gasteiger partial charge in [0.1, 0.15) is 12.1 Å². The molecule has 3 aliphatic carbocycles. The van der Waals surface area contributed by atoms with Crippen LogP contribution >= 0.6 is 36.5 Å². The van der Waals surface area contributed by atoms with E-state index in [-0.39, 0.29) is 51.5 Å². The molecule has 2 saturated carbocycles. The van der Waals surface area contributed by atoms with Crippen LogP contribution in [0.2, 0.25) is 0 Å². The Morgan fingerprint density at radius 3 is 1.94 bits per heavy atom. The zero-order chi connectivity index (χ0) is 66.4. The molecule has 496 valence electrons. The Morgan fingerprint density at radius 1 is 0.864 bits per heavy atom. The highest BCUT2D eigenvalue weighted by molar-refractivity contribution is 9.10. The first-order chi connectivity index (χ1) is 41.6. The number of Topliss-reactive ketones (excluding diaryl/α,β-unsaturated/α-hetero) is 2. The molecule has 1 aromatic heterocycles. The van der Waals surface area contributed by atoms with Crippen molar-refractivity contribution >= 4 is 77.2 Å². The fraction of sp³-hybridized carbons (Fsp3) is 0.675. The predicted octanol–water partition coefficient (Wildman–Crippen LogP) is 22.9. The number of hydrogen-bond acceptors (Lipinski definition) is 8. The molecule has 3 aromatic rings. The van der Waals surface area contributed by atoms with Gasteiger partial charge in [0.05, 0.1) is 32.9 Å². The molecule has 11 heteroatoms. The Hall–Kier alpha value is -3.56. The van der Waals surface area contributed by atoms with Crippen molar-refractivity contribution in [1.82, 2.24) is 10.3 Å². The van der Waals surface area contributed by atoms with Gasteiger partial charge in [0.25, 0.3) is 0 Å². The minimum Gasteiger partial charge on any atom is -0.379 e. The zero-order valence-electron chi connectivity index (χ0n) is 59.1. The maximum atomic E-state index is 13.7. The summed E-state index contributed by atoms with van der Waals surface area (Å²) in [4.78, 5) is 54.6. The smallest absolute Gasteiger partial charge is 0.223 e. The van der Waals surface area contributed by atoms with E-state index < -0.39 is 0 Å². The van der Waals surface area contributed by atoms with Crippen LogP contribution in [0.3, 0.4) is 0 Å². The molecule has 2 aromatic carbocycles. The third-order valence-electron chi connectivity index (χ3n) is 18.6. The summed E-state index contributed by atoms with van der Waals surface area (Å²) >= 11 is 5.44. The average molecular weight is 1320 g/mol. The van der Waals surface area contributed by atoms with Crippen molar-refractivity contribution < 1.29 is 23.9 Å². The van der Waals surface area contributed by atoms with Crippen molar-refractivity contribution in [3.8, 4) is 0 Å². The van der Waals surface area contributed by atoms with E-state index in [0.29, 0.717) is 30.6 Å². The van der Waals surface area contributed by atoms with Crippen LogP contribution in [0.4, 0.5) is 11.4 Å². The lowest BCUT2D eigenvalue weighted by molar-refractivity contribution is -0.125. The molecule has 88 heavy (non-hydrogen) atoms.